The average Bonchev–Trinajstić information content (AvgIpc) is 3.15. The molecule has 2 heterocycles. The molecule has 0 unspecified atom stereocenters. The number of methoxy groups -OCH3 is 2. The molecule has 8 heteroatoms. The lowest BCUT2D eigenvalue weighted by Crippen LogP contribution is -2.38. The van der Waals surface area contributed by atoms with Crippen LogP contribution in [0.2, 0.25) is 0 Å². The minimum Gasteiger partial charge on any atom is -0.493 e. The minimum absolute atomic E-state index is 0.303. The summed E-state index contributed by atoms with van der Waals surface area (Å²) < 4.78 is 17.8. The van der Waals surface area contributed by atoms with Crippen LogP contribution in [0.5, 0.6) is 11.5 Å². The van der Waals surface area contributed by atoms with Crippen molar-refractivity contribution >= 4 is 11.9 Å². The minimum atomic E-state index is -0.572. The summed E-state index contributed by atoms with van der Waals surface area (Å²) in [6, 6.07) is 5.16. The van der Waals surface area contributed by atoms with E-state index in [1.807, 2.05) is 31.2 Å². The zero-order valence-corrected chi connectivity index (χ0v) is 15.9. The second kappa shape index (κ2) is 8.11. The molecule has 3 rings (SSSR count). The van der Waals surface area contributed by atoms with Crippen LogP contribution in [-0.2, 0) is 9.53 Å². The Morgan fingerprint density at radius 3 is 2.70 bits per heavy atom. The molecule has 0 aliphatic carbocycles. The lowest BCUT2D eigenvalue weighted by molar-refractivity contribution is -0.147. The fourth-order valence-electron chi connectivity index (χ4n) is 3.32. The van der Waals surface area contributed by atoms with E-state index in [9.17, 15) is 4.79 Å². The standard InChI is InChI=1S/C19H24N4O4/c1-5-7-13-16(18(24)27-6-2)17(23-19(22-13)20-11-21-23)12-8-9-14(25-3)15(10-12)26-4/h7-11,16-17H,5-6H2,1-4H3,(H,20,21,22)/b13-7-/t16-,17+/m1/s1. The Hall–Kier alpha value is -3.03. The molecule has 0 amide bonds. The van der Waals surface area contributed by atoms with Gasteiger partial charge >= 0.3 is 5.97 Å². The van der Waals surface area contributed by atoms with Crippen molar-refractivity contribution in [1.82, 2.24) is 14.8 Å². The largest absolute Gasteiger partial charge is 0.493 e. The molecule has 2 atom stereocenters. The summed E-state index contributed by atoms with van der Waals surface area (Å²) in [5, 5.41) is 7.55. The molecule has 0 saturated heterocycles. The first-order valence-electron chi connectivity index (χ1n) is 8.89. The van der Waals surface area contributed by atoms with Crippen LogP contribution in [-0.4, -0.2) is 41.6 Å². The molecule has 27 heavy (non-hydrogen) atoms. The monoisotopic (exact) mass is 372 g/mol. The van der Waals surface area contributed by atoms with E-state index < -0.39 is 12.0 Å². The quantitative estimate of drug-likeness (QED) is 0.780. The van der Waals surface area contributed by atoms with Crippen LogP contribution in [0.1, 0.15) is 31.9 Å². The molecular weight excluding hydrogens is 348 g/mol. The zero-order chi connectivity index (χ0) is 19.4. The van der Waals surface area contributed by atoms with Crippen molar-refractivity contribution in [3.8, 4) is 11.5 Å². The number of aromatic nitrogens is 3. The highest BCUT2D eigenvalue weighted by molar-refractivity contribution is 5.79. The fourth-order valence-corrected chi connectivity index (χ4v) is 3.32. The van der Waals surface area contributed by atoms with Gasteiger partial charge in [0.1, 0.15) is 12.2 Å². The normalized spacial score (nSPS) is 19.9. The Kier molecular flexibility index (Phi) is 5.63. The van der Waals surface area contributed by atoms with Gasteiger partial charge in [-0.3, -0.25) is 4.79 Å². The number of rotatable bonds is 6. The predicted molar refractivity (Wildman–Crippen MR) is 99.8 cm³/mol. The summed E-state index contributed by atoms with van der Waals surface area (Å²) in [5.74, 6) is 0.891. The number of ether oxygens (including phenoxy) is 3. The van der Waals surface area contributed by atoms with Gasteiger partial charge in [-0.1, -0.05) is 19.1 Å². The first-order chi connectivity index (χ1) is 13.1. The number of nitrogens with zero attached hydrogens (tertiary/aromatic N) is 3. The van der Waals surface area contributed by atoms with Gasteiger partial charge in [0, 0.05) is 5.70 Å². The third-order valence-electron chi connectivity index (χ3n) is 4.46. The first-order valence-corrected chi connectivity index (χ1v) is 8.89. The summed E-state index contributed by atoms with van der Waals surface area (Å²) in [6.45, 7) is 4.11. The van der Waals surface area contributed by atoms with E-state index in [-0.39, 0.29) is 5.97 Å². The number of anilines is 1. The molecule has 0 bridgehead atoms. The van der Waals surface area contributed by atoms with Crippen LogP contribution >= 0.6 is 0 Å². The molecule has 144 valence electrons. The number of allylic oxidation sites excluding steroid dienone is 1. The summed E-state index contributed by atoms with van der Waals surface area (Å²) in [5.41, 5.74) is 1.61. The lowest BCUT2D eigenvalue weighted by atomic mass is 9.88. The number of benzene rings is 1. The Bertz CT molecular complexity index is 846. The Balaban J connectivity index is 2.16. The fraction of sp³-hybridized carbons (Fsp3) is 0.421. The molecule has 1 aromatic heterocycles. The molecule has 1 N–H and O–H groups in total. The average molecular weight is 372 g/mol. The molecule has 1 aliphatic rings. The lowest BCUT2D eigenvalue weighted by Gasteiger charge is -2.34. The van der Waals surface area contributed by atoms with E-state index in [1.54, 1.807) is 25.8 Å². The maximum Gasteiger partial charge on any atom is 0.317 e. The summed E-state index contributed by atoms with van der Waals surface area (Å²) in [4.78, 5) is 17.1. The number of carbonyl (C=O) groups is 1. The van der Waals surface area contributed by atoms with Crippen molar-refractivity contribution in [2.75, 3.05) is 26.1 Å². The SMILES string of the molecule is CC/C=C1\Nc2ncnn2[C@@H](c2ccc(OC)c(OC)c2)[C@@H]1C(=O)OCC. The Labute approximate surface area is 158 Å². The van der Waals surface area contributed by atoms with Gasteiger partial charge in [-0.15, -0.1) is 0 Å². The highest BCUT2D eigenvalue weighted by Gasteiger charge is 2.41. The van der Waals surface area contributed by atoms with Crippen molar-refractivity contribution in [1.29, 1.82) is 0 Å². The van der Waals surface area contributed by atoms with Crippen molar-refractivity contribution in [3.05, 3.63) is 41.9 Å². The number of hydrogen-bond donors (Lipinski definition) is 1. The van der Waals surface area contributed by atoms with Gasteiger partial charge in [-0.25, -0.2) is 4.68 Å². The van der Waals surface area contributed by atoms with Crippen LogP contribution < -0.4 is 14.8 Å². The first kappa shape index (κ1) is 18.8. The van der Waals surface area contributed by atoms with Crippen molar-refractivity contribution in [3.63, 3.8) is 0 Å². The molecule has 0 spiro atoms. The zero-order valence-electron chi connectivity index (χ0n) is 15.9. The summed E-state index contributed by atoms with van der Waals surface area (Å²) in [6.07, 6.45) is 4.21. The highest BCUT2D eigenvalue weighted by Crippen LogP contribution is 2.41. The van der Waals surface area contributed by atoms with Crippen LogP contribution in [0.25, 0.3) is 0 Å². The Morgan fingerprint density at radius 1 is 1.26 bits per heavy atom. The number of esters is 1. The summed E-state index contributed by atoms with van der Waals surface area (Å²) >= 11 is 0. The third kappa shape index (κ3) is 3.47. The van der Waals surface area contributed by atoms with Crippen molar-refractivity contribution < 1.29 is 19.0 Å². The second-order valence-electron chi connectivity index (χ2n) is 6.01. The van der Waals surface area contributed by atoms with E-state index in [0.717, 1.165) is 17.7 Å². The van der Waals surface area contributed by atoms with Gasteiger partial charge in [0.15, 0.2) is 11.5 Å². The van der Waals surface area contributed by atoms with E-state index in [4.69, 9.17) is 14.2 Å². The molecule has 2 aromatic rings. The molecule has 0 saturated carbocycles. The van der Waals surface area contributed by atoms with E-state index in [1.165, 1.54) is 6.33 Å². The van der Waals surface area contributed by atoms with Gasteiger partial charge in [0.05, 0.1) is 26.9 Å². The maximum atomic E-state index is 12.9. The van der Waals surface area contributed by atoms with Gasteiger partial charge in [-0.2, -0.15) is 10.1 Å². The van der Waals surface area contributed by atoms with E-state index in [2.05, 4.69) is 15.4 Å². The highest BCUT2D eigenvalue weighted by atomic mass is 16.5. The Morgan fingerprint density at radius 2 is 2.04 bits per heavy atom. The molecule has 0 fully saturated rings. The van der Waals surface area contributed by atoms with Gasteiger partial charge in [0.25, 0.3) is 0 Å². The van der Waals surface area contributed by atoms with Crippen LogP contribution in [0.15, 0.2) is 36.3 Å². The van der Waals surface area contributed by atoms with E-state index >= 15 is 0 Å². The number of carbonyl (C=O) groups excluding carboxylic acids is 1. The molecule has 1 aromatic carbocycles. The van der Waals surface area contributed by atoms with Crippen molar-refractivity contribution in [2.24, 2.45) is 5.92 Å². The third-order valence-corrected chi connectivity index (χ3v) is 4.46. The maximum absolute atomic E-state index is 12.9. The van der Waals surface area contributed by atoms with Crippen LogP contribution in [0.3, 0.4) is 0 Å². The second-order valence-corrected chi connectivity index (χ2v) is 6.01. The van der Waals surface area contributed by atoms with E-state index in [0.29, 0.717) is 24.1 Å². The number of hydrogen-bond acceptors (Lipinski definition) is 7. The number of fused-ring (bicyclic) bond motifs is 1. The molecule has 1 aliphatic heterocycles. The topological polar surface area (TPSA) is 87.5 Å². The van der Waals surface area contributed by atoms with Crippen molar-refractivity contribution in [2.45, 2.75) is 26.3 Å². The summed E-state index contributed by atoms with van der Waals surface area (Å²) in [7, 11) is 3.16. The molecule has 8 nitrogen and oxygen atoms in total. The van der Waals surface area contributed by atoms with Gasteiger partial charge in [0.2, 0.25) is 5.95 Å². The molecular formula is C19H24N4O4. The van der Waals surface area contributed by atoms with Crippen LogP contribution in [0.4, 0.5) is 5.95 Å². The molecule has 0 radical (unpaired) electrons. The van der Waals surface area contributed by atoms with Gasteiger partial charge < -0.3 is 19.5 Å². The predicted octanol–water partition coefficient (Wildman–Crippen LogP) is 2.78. The number of nitrogens with one attached hydrogen (secondary N) is 1. The smallest absolute Gasteiger partial charge is 0.317 e. The van der Waals surface area contributed by atoms with Gasteiger partial charge in [-0.05, 0) is 31.0 Å². The van der Waals surface area contributed by atoms with Crippen LogP contribution in [0, 0.1) is 5.92 Å².